The largest absolute Gasteiger partial charge is 0.504 e. The molecule has 0 aliphatic heterocycles. The van der Waals surface area contributed by atoms with Crippen molar-refractivity contribution in [3.8, 4) is 27.8 Å². The van der Waals surface area contributed by atoms with Gasteiger partial charge in [-0.15, -0.1) is 11.3 Å². The second-order valence-corrected chi connectivity index (χ2v) is 6.77. The van der Waals surface area contributed by atoms with E-state index in [9.17, 15) is 14.7 Å². The predicted octanol–water partition coefficient (Wildman–Crippen LogP) is 3.14. The number of hydrogen-bond donors (Lipinski definition) is 3. The first kappa shape index (κ1) is 17.7. The number of aliphatic carboxylic acids is 1. The quantitative estimate of drug-likeness (QED) is 0.474. The molecule has 1 aromatic carbocycles. The van der Waals surface area contributed by atoms with E-state index in [2.05, 4.69) is 15.3 Å². The summed E-state index contributed by atoms with van der Waals surface area (Å²) < 4.78 is 5.77. The van der Waals surface area contributed by atoms with Crippen molar-refractivity contribution in [1.82, 2.24) is 15.3 Å². The van der Waals surface area contributed by atoms with Gasteiger partial charge in [0.2, 0.25) is 0 Å². The molecule has 0 aliphatic carbocycles. The minimum absolute atomic E-state index is 0.289. The highest BCUT2D eigenvalue weighted by atomic mass is 32.1. The van der Waals surface area contributed by atoms with Crippen molar-refractivity contribution < 1.29 is 24.2 Å². The van der Waals surface area contributed by atoms with Crippen molar-refractivity contribution in [3.63, 3.8) is 0 Å². The maximum absolute atomic E-state index is 12.4. The molecule has 4 rings (SSSR count). The summed E-state index contributed by atoms with van der Waals surface area (Å²) in [7, 11) is 0. The third kappa shape index (κ3) is 3.19. The van der Waals surface area contributed by atoms with Crippen LogP contribution in [0.25, 0.3) is 32.2 Å². The normalized spacial score (nSPS) is 10.9. The molecule has 3 N–H and O–H groups in total. The molecule has 1 amide bonds. The van der Waals surface area contributed by atoms with Crippen LogP contribution >= 0.6 is 11.3 Å². The highest BCUT2D eigenvalue weighted by Crippen LogP contribution is 2.41. The Kier molecular flexibility index (Phi) is 4.50. The molecule has 3 aromatic heterocycles. The molecule has 9 heteroatoms. The van der Waals surface area contributed by atoms with Crippen molar-refractivity contribution in [2.75, 3.05) is 6.54 Å². The van der Waals surface area contributed by atoms with E-state index in [1.165, 1.54) is 17.6 Å². The van der Waals surface area contributed by atoms with Gasteiger partial charge in [0.1, 0.15) is 27.5 Å². The summed E-state index contributed by atoms with van der Waals surface area (Å²) >= 11 is 1.21. The summed E-state index contributed by atoms with van der Waals surface area (Å²) in [6.45, 7) is -0.591. The molecule has 0 radical (unpaired) electrons. The monoisotopic (exact) mass is 395 g/mol. The molecule has 0 bridgehead atoms. The number of carbonyl (C=O) groups is 2. The lowest BCUT2D eigenvalue weighted by atomic mass is 10.2. The number of nitrogens with one attached hydrogen (secondary N) is 1. The number of benzene rings is 1. The Labute approximate surface area is 162 Å². The van der Waals surface area contributed by atoms with Gasteiger partial charge in [-0.05, 0) is 12.1 Å². The lowest BCUT2D eigenvalue weighted by Crippen LogP contribution is -2.30. The lowest BCUT2D eigenvalue weighted by Gasteiger charge is -2.07. The second-order valence-electron chi connectivity index (χ2n) is 5.77. The number of fused-ring (bicyclic) bond motifs is 1. The molecule has 0 atom stereocenters. The Balaban J connectivity index is 1.91. The van der Waals surface area contributed by atoms with Crippen LogP contribution in [0.4, 0.5) is 0 Å². The van der Waals surface area contributed by atoms with Gasteiger partial charge in [0.05, 0.1) is 6.26 Å². The molecule has 0 aliphatic rings. The molecule has 4 aromatic rings. The Hall–Kier alpha value is -3.72. The van der Waals surface area contributed by atoms with Crippen molar-refractivity contribution in [3.05, 3.63) is 54.4 Å². The van der Waals surface area contributed by atoms with Gasteiger partial charge in [0.15, 0.2) is 17.2 Å². The average Bonchev–Trinajstić information content (AvgIpc) is 3.38. The zero-order chi connectivity index (χ0) is 19.7. The summed E-state index contributed by atoms with van der Waals surface area (Å²) in [4.78, 5) is 31.9. The van der Waals surface area contributed by atoms with Crippen LogP contribution in [0.3, 0.4) is 0 Å². The van der Waals surface area contributed by atoms with E-state index >= 15 is 0 Å². The van der Waals surface area contributed by atoms with E-state index in [1.54, 1.807) is 12.1 Å². The minimum Gasteiger partial charge on any atom is -0.504 e. The third-order valence-electron chi connectivity index (χ3n) is 3.91. The number of carbonyl (C=O) groups excluding carboxylic acids is 1. The third-order valence-corrected chi connectivity index (χ3v) is 5.02. The second kappa shape index (κ2) is 7.12. The van der Waals surface area contributed by atoms with E-state index in [1.807, 2.05) is 30.3 Å². The van der Waals surface area contributed by atoms with E-state index in [0.29, 0.717) is 21.0 Å². The highest BCUT2D eigenvalue weighted by Gasteiger charge is 2.24. The fourth-order valence-electron chi connectivity index (χ4n) is 2.65. The average molecular weight is 395 g/mol. The van der Waals surface area contributed by atoms with Gasteiger partial charge in [-0.1, -0.05) is 30.3 Å². The van der Waals surface area contributed by atoms with Crippen molar-refractivity contribution in [2.45, 2.75) is 0 Å². The number of thiazole rings is 1. The van der Waals surface area contributed by atoms with Gasteiger partial charge in [-0.2, -0.15) is 0 Å². The smallest absolute Gasteiger partial charge is 0.322 e. The van der Waals surface area contributed by atoms with Crippen LogP contribution < -0.4 is 5.32 Å². The fraction of sp³-hybridized carbons (Fsp3) is 0.0526. The first-order valence-corrected chi connectivity index (χ1v) is 8.99. The summed E-state index contributed by atoms with van der Waals surface area (Å²) in [5.41, 5.74) is 1.25. The lowest BCUT2D eigenvalue weighted by molar-refractivity contribution is -0.135. The van der Waals surface area contributed by atoms with E-state index in [-0.39, 0.29) is 17.1 Å². The number of amides is 1. The van der Waals surface area contributed by atoms with E-state index in [0.717, 1.165) is 5.56 Å². The molecule has 8 nitrogen and oxygen atoms in total. The van der Waals surface area contributed by atoms with Gasteiger partial charge in [0.25, 0.3) is 5.91 Å². The van der Waals surface area contributed by atoms with Crippen LogP contribution in [0.5, 0.6) is 5.75 Å². The molecule has 0 fully saturated rings. The molecule has 0 saturated heterocycles. The summed E-state index contributed by atoms with van der Waals surface area (Å²) in [5, 5.41) is 22.3. The summed E-state index contributed by atoms with van der Waals surface area (Å²) in [5.74, 6) is -1.98. The number of furan rings is 1. The number of aromatic hydroxyl groups is 1. The Morgan fingerprint density at radius 3 is 2.57 bits per heavy atom. The molecular formula is C19H13N3O5S. The maximum Gasteiger partial charge on any atom is 0.322 e. The Morgan fingerprint density at radius 1 is 1.11 bits per heavy atom. The van der Waals surface area contributed by atoms with Gasteiger partial charge in [-0.3, -0.25) is 9.59 Å². The van der Waals surface area contributed by atoms with Crippen LogP contribution in [0.15, 0.2) is 53.1 Å². The number of rotatable bonds is 5. The van der Waals surface area contributed by atoms with Crippen molar-refractivity contribution in [1.29, 1.82) is 0 Å². The summed E-state index contributed by atoms with van der Waals surface area (Å²) in [6, 6.07) is 12.7. The highest BCUT2D eigenvalue weighted by molar-refractivity contribution is 7.22. The van der Waals surface area contributed by atoms with Gasteiger partial charge >= 0.3 is 5.97 Å². The van der Waals surface area contributed by atoms with Crippen LogP contribution in [0.1, 0.15) is 10.5 Å². The topological polar surface area (TPSA) is 126 Å². The molecule has 0 saturated carbocycles. The van der Waals surface area contributed by atoms with Crippen LogP contribution in [0.2, 0.25) is 0 Å². The molecule has 140 valence electrons. The van der Waals surface area contributed by atoms with E-state index in [4.69, 9.17) is 9.52 Å². The SMILES string of the molecule is O=C(O)CNC(=O)c1nc(-c2ccco2)c2nc(-c3ccccc3)sc2c1O. The zero-order valence-corrected chi connectivity index (χ0v) is 15.1. The van der Waals surface area contributed by atoms with Gasteiger partial charge in [-0.25, -0.2) is 9.97 Å². The van der Waals surface area contributed by atoms with Gasteiger partial charge in [0, 0.05) is 5.56 Å². The fourth-order valence-corrected chi connectivity index (χ4v) is 3.67. The number of carboxylic acids is 1. The number of nitrogens with zero attached hydrogens (tertiary/aromatic N) is 2. The van der Waals surface area contributed by atoms with Crippen LogP contribution in [0, 0.1) is 0 Å². The number of pyridine rings is 1. The summed E-state index contributed by atoms with van der Waals surface area (Å²) in [6.07, 6.45) is 1.46. The number of hydrogen-bond acceptors (Lipinski definition) is 7. The van der Waals surface area contributed by atoms with Crippen molar-refractivity contribution in [2.24, 2.45) is 0 Å². The first-order valence-electron chi connectivity index (χ1n) is 8.17. The number of aromatic nitrogens is 2. The molecule has 0 unspecified atom stereocenters. The Bertz CT molecular complexity index is 1170. The minimum atomic E-state index is -1.20. The van der Waals surface area contributed by atoms with Gasteiger partial charge < -0.3 is 19.9 Å². The Morgan fingerprint density at radius 2 is 1.89 bits per heavy atom. The van der Waals surface area contributed by atoms with Crippen LogP contribution in [-0.2, 0) is 4.79 Å². The molecule has 28 heavy (non-hydrogen) atoms. The van der Waals surface area contributed by atoms with Crippen LogP contribution in [-0.4, -0.2) is 38.6 Å². The van der Waals surface area contributed by atoms with E-state index < -0.39 is 18.4 Å². The maximum atomic E-state index is 12.4. The number of carboxylic acid groups (broad SMARTS) is 1. The predicted molar refractivity (Wildman–Crippen MR) is 102 cm³/mol. The molecular weight excluding hydrogens is 382 g/mol. The molecule has 3 heterocycles. The zero-order valence-electron chi connectivity index (χ0n) is 14.2. The first-order chi connectivity index (χ1) is 13.5. The molecule has 0 spiro atoms. The van der Waals surface area contributed by atoms with Crippen molar-refractivity contribution >= 4 is 33.4 Å². The standard InChI is InChI=1S/C19H13N3O5S/c23-12(24)9-20-18(26)15-16(25)17-14(13(21-15)11-7-4-8-27-11)22-19(28-17)10-5-2-1-3-6-10/h1-8,25H,9H2,(H,20,26)(H,23,24).